The number of hydrogen-bond donors (Lipinski definition) is 0. The predicted molar refractivity (Wildman–Crippen MR) is 116 cm³/mol. The Morgan fingerprint density at radius 3 is 2.67 bits per heavy atom. The predicted octanol–water partition coefficient (Wildman–Crippen LogP) is 3.62. The number of benzene rings is 1. The number of nitrogens with zero attached hydrogens (tertiary/aromatic N) is 7. The van der Waals surface area contributed by atoms with Gasteiger partial charge in [0, 0.05) is 57.0 Å². The van der Waals surface area contributed by atoms with E-state index in [2.05, 4.69) is 21.1 Å². The Kier molecular flexibility index (Phi) is 5.30. The molecule has 0 N–H and O–H groups in total. The summed E-state index contributed by atoms with van der Waals surface area (Å²) in [5.74, 6) is -0.620. The number of hydrogen-bond acceptors (Lipinski definition) is 7. The van der Waals surface area contributed by atoms with Crippen molar-refractivity contribution < 1.29 is 13.5 Å². The number of aryl methyl sites for hydroxylation is 1. The number of fused-ring (bicyclic) bond motifs is 1. The van der Waals surface area contributed by atoms with Gasteiger partial charge in [-0.1, -0.05) is 0 Å². The Bertz CT molecular complexity index is 1370. The summed E-state index contributed by atoms with van der Waals surface area (Å²) in [4.78, 5) is 15.8. The molecule has 0 spiro atoms. The molecule has 0 radical (unpaired) electrons. The van der Waals surface area contributed by atoms with Gasteiger partial charge in [0.15, 0.2) is 23.1 Å². The van der Waals surface area contributed by atoms with Crippen LogP contribution in [-0.2, 0) is 7.05 Å². The van der Waals surface area contributed by atoms with Gasteiger partial charge >= 0.3 is 0 Å². The fraction of sp³-hybridized carbons (Fsp3) is 0.261. The SMILES string of the molecule is Cn1cc(-c2nc3c(C#N)nccc3nc2N2CCC(Oc3ccc(F)cc3F)CC2)cn1. The number of nitriles is 1. The normalized spacial score (nSPS) is 14.4. The monoisotopic (exact) mass is 447 g/mol. The molecule has 0 aliphatic carbocycles. The van der Waals surface area contributed by atoms with Crippen LogP contribution < -0.4 is 9.64 Å². The van der Waals surface area contributed by atoms with Gasteiger partial charge in [-0.25, -0.2) is 23.7 Å². The van der Waals surface area contributed by atoms with Gasteiger partial charge in [0.1, 0.15) is 29.2 Å². The number of halogens is 2. The second-order valence-corrected chi connectivity index (χ2v) is 7.82. The van der Waals surface area contributed by atoms with E-state index in [9.17, 15) is 14.0 Å². The van der Waals surface area contributed by atoms with E-state index < -0.39 is 11.6 Å². The highest BCUT2D eigenvalue weighted by Crippen LogP contribution is 2.32. The molecule has 0 unspecified atom stereocenters. The van der Waals surface area contributed by atoms with E-state index in [1.54, 1.807) is 23.1 Å². The highest BCUT2D eigenvalue weighted by molar-refractivity contribution is 5.85. The summed E-state index contributed by atoms with van der Waals surface area (Å²) in [6.45, 7) is 1.22. The summed E-state index contributed by atoms with van der Waals surface area (Å²) in [6, 6.07) is 7.12. The molecule has 0 bridgehead atoms. The van der Waals surface area contributed by atoms with Crippen LogP contribution >= 0.6 is 0 Å². The molecule has 1 fully saturated rings. The number of rotatable bonds is 4. The molecule has 1 saturated heterocycles. The van der Waals surface area contributed by atoms with Crippen molar-refractivity contribution in [1.82, 2.24) is 24.7 Å². The number of anilines is 1. The van der Waals surface area contributed by atoms with Crippen LogP contribution in [0.3, 0.4) is 0 Å². The summed E-state index contributed by atoms with van der Waals surface area (Å²) >= 11 is 0. The van der Waals surface area contributed by atoms with Crippen LogP contribution in [0.25, 0.3) is 22.3 Å². The molecule has 1 aromatic carbocycles. The lowest BCUT2D eigenvalue weighted by atomic mass is 10.1. The Balaban J connectivity index is 1.44. The van der Waals surface area contributed by atoms with Gasteiger partial charge in [-0.3, -0.25) is 4.68 Å². The van der Waals surface area contributed by atoms with Crippen LogP contribution in [0.15, 0.2) is 42.9 Å². The standard InChI is InChI=1S/C23H19F2N7O/c1-31-13-14(12-28-31)21-23(29-18-4-7-27-19(11-26)22(18)30-21)32-8-5-16(6-9-32)33-20-3-2-15(24)10-17(20)25/h2-4,7,10,12-13,16H,5-6,8-9H2,1H3. The molecular weight excluding hydrogens is 428 g/mol. The van der Waals surface area contributed by atoms with Crippen molar-refractivity contribution in [3.63, 3.8) is 0 Å². The van der Waals surface area contributed by atoms with Gasteiger partial charge in [0.2, 0.25) is 0 Å². The fourth-order valence-corrected chi connectivity index (χ4v) is 3.95. The molecule has 166 valence electrons. The number of piperidine rings is 1. The van der Waals surface area contributed by atoms with Crippen LogP contribution in [-0.4, -0.2) is 43.9 Å². The van der Waals surface area contributed by atoms with Crippen LogP contribution in [0.1, 0.15) is 18.5 Å². The van der Waals surface area contributed by atoms with Gasteiger partial charge in [0.05, 0.1) is 11.7 Å². The lowest BCUT2D eigenvalue weighted by molar-refractivity contribution is 0.163. The van der Waals surface area contributed by atoms with Crippen LogP contribution in [0.2, 0.25) is 0 Å². The largest absolute Gasteiger partial charge is 0.487 e. The lowest BCUT2D eigenvalue weighted by Gasteiger charge is -2.33. The van der Waals surface area contributed by atoms with E-state index >= 15 is 0 Å². The highest BCUT2D eigenvalue weighted by atomic mass is 19.1. The Morgan fingerprint density at radius 2 is 1.97 bits per heavy atom. The van der Waals surface area contributed by atoms with Crippen LogP contribution in [0.5, 0.6) is 5.75 Å². The maximum Gasteiger partial charge on any atom is 0.168 e. The first-order valence-electron chi connectivity index (χ1n) is 10.4. The van der Waals surface area contributed by atoms with E-state index in [4.69, 9.17) is 14.7 Å². The summed E-state index contributed by atoms with van der Waals surface area (Å²) < 4.78 is 34.6. The number of aromatic nitrogens is 5. The molecule has 4 heterocycles. The van der Waals surface area contributed by atoms with Crippen LogP contribution in [0.4, 0.5) is 14.6 Å². The maximum absolute atomic E-state index is 14.0. The average molecular weight is 447 g/mol. The average Bonchev–Trinajstić information content (AvgIpc) is 3.26. The smallest absolute Gasteiger partial charge is 0.168 e. The van der Waals surface area contributed by atoms with Crippen molar-refractivity contribution in [3.05, 3.63) is 60.2 Å². The van der Waals surface area contributed by atoms with Crippen molar-refractivity contribution in [1.29, 1.82) is 5.26 Å². The fourth-order valence-electron chi connectivity index (χ4n) is 3.95. The summed E-state index contributed by atoms with van der Waals surface area (Å²) in [6.07, 6.45) is 6.14. The van der Waals surface area contributed by atoms with Crippen molar-refractivity contribution >= 4 is 16.9 Å². The Labute approximate surface area is 188 Å². The molecule has 0 amide bonds. The van der Waals surface area contributed by atoms with Crippen molar-refractivity contribution in [2.75, 3.05) is 18.0 Å². The lowest BCUT2D eigenvalue weighted by Crippen LogP contribution is -2.39. The summed E-state index contributed by atoms with van der Waals surface area (Å²) in [5.41, 5.74) is 2.62. The summed E-state index contributed by atoms with van der Waals surface area (Å²) in [7, 11) is 1.82. The first-order valence-corrected chi connectivity index (χ1v) is 10.4. The van der Waals surface area contributed by atoms with E-state index in [1.807, 2.05) is 13.2 Å². The third-order valence-electron chi connectivity index (χ3n) is 5.58. The molecule has 5 rings (SSSR count). The zero-order valence-corrected chi connectivity index (χ0v) is 17.7. The minimum absolute atomic E-state index is 0.0490. The van der Waals surface area contributed by atoms with E-state index in [-0.39, 0.29) is 17.5 Å². The molecule has 33 heavy (non-hydrogen) atoms. The second-order valence-electron chi connectivity index (χ2n) is 7.82. The number of pyridine rings is 1. The van der Waals surface area contributed by atoms with E-state index in [0.717, 1.165) is 11.6 Å². The van der Waals surface area contributed by atoms with Gasteiger partial charge in [-0.05, 0) is 18.2 Å². The van der Waals surface area contributed by atoms with Gasteiger partial charge < -0.3 is 9.64 Å². The van der Waals surface area contributed by atoms with Gasteiger partial charge in [0.25, 0.3) is 0 Å². The van der Waals surface area contributed by atoms with Gasteiger partial charge in [-0.2, -0.15) is 10.4 Å². The highest BCUT2D eigenvalue weighted by Gasteiger charge is 2.26. The van der Waals surface area contributed by atoms with Gasteiger partial charge in [-0.15, -0.1) is 0 Å². The van der Waals surface area contributed by atoms with E-state index in [0.29, 0.717) is 48.5 Å². The zero-order valence-electron chi connectivity index (χ0n) is 17.7. The summed E-state index contributed by atoms with van der Waals surface area (Å²) in [5, 5.41) is 13.7. The molecule has 0 atom stereocenters. The van der Waals surface area contributed by atoms with E-state index in [1.165, 1.54) is 12.1 Å². The third-order valence-corrected chi connectivity index (χ3v) is 5.58. The van der Waals surface area contributed by atoms with Crippen LogP contribution in [0, 0.1) is 23.0 Å². The first-order chi connectivity index (χ1) is 16.0. The molecule has 1 aliphatic rings. The molecular formula is C23H19F2N7O. The minimum atomic E-state index is -0.710. The Morgan fingerprint density at radius 1 is 1.15 bits per heavy atom. The quantitative estimate of drug-likeness (QED) is 0.472. The van der Waals surface area contributed by atoms with Crippen molar-refractivity contribution in [3.8, 4) is 23.1 Å². The molecule has 10 heteroatoms. The number of ether oxygens (including phenoxy) is 1. The molecule has 3 aromatic heterocycles. The molecule has 4 aromatic rings. The molecule has 8 nitrogen and oxygen atoms in total. The first kappa shape index (κ1) is 20.8. The second kappa shape index (κ2) is 8.43. The van der Waals surface area contributed by atoms with Crippen molar-refractivity contribution in [2.24, 2.45) is 7.05 Å². The minimum Gasteiger partial charge on any atom is -0.487 e. The zero-order chi connectivity index (χ0) is 22.9. The van der Waals surface area contributed by atoms with Crippen molar-refractivity contribution in [2.45, 2.75) is 18.9 Å². The third kappa shape index (κ3) is 4.05. The topological polar surface area (TPSA) is 92.8 Å². The maximum atomic E-state index is 14.0. The molecule has 1 aliphatic heterocycles. The molecule has 0 saturated carbocycles. The Hall–Kier alpha value is -4.13.